The fraction of sp³-hybridized carbons (Fsp3) is 0.625. The van der Waals surface area contributed by atoms with E-state index in [0.717, 1.165) is 32.8 Å². The molecule has 0 saturated carbocycles. The maximum absolute atomic E-state index is 9.74. The van der Waals surface area contributed by atoms with E-state index < -0.39 is 0 Å². The van der Waals surface area contributed by atoms with Crippen molar-refractivity contribution >= 4 is 5.69 Å². The predicted octanol–water partition coefficient (Wildman–Crippen LogP) is 1.63. The minimum atomic E-state index is -0.275. The van der Waals surface area contributed by atoms with Gasteiger partial charge in [0.2, 0.25) is 0 Å². The third-order valence-electron chi connectivity index (χ3n) is 3.76. The van der Waals surface area contributed by atoms with Crippen molar-refractivity contribution in [3.63, 3.8) is 0 Å². The zero-order valence-corrected chi connectivity index (χ0v) is 12.5. The molecule has 1 aliphatic rings. The Morgan fingerprint density at radius 1 is 1.20 bits per heavy atom. The molecule has 2 rings (SSSR count). The Kier molecular flexibility index (Phi) is 5.83. The van der Waals surface area contributed by atoms with Gasteiger partial charge in [0, 0.05) is 31.9 Å². The quantitative estimate of drug-likeness (QED) is 0.830. The SMILES string of the molecule is CC(C)C(O)CNCc1ccc(N2CCOCC2)cc1. The smallest absolute Gasteiger partial charge is 0.0687 e. The summed E-state index contributed by atoms with van der Waals surface area (Å²) in [5, 5.41) is 13.0. The summed E-state index contributed by atoms with van der Waals surface area (Å²) >= 11 is 0. The number of aliphatic hydroxyl groups is 1. The highest BCUT2D eigenvalue weighted by molar-refractivity contribution is 5.47. The zero-order valence-electron chi connectivity index (χ0n) is 12.5. The van der Waals surface area contributed by atoms with Gasteiger partial charge in [0.05, 0.1) is 19.3 Å². The molecule has 1 saturated heterocycles. The Morgan fingerprint density at radius 2 is 1.85 bits per heavy atom. The van der Waals surface area contributed by atoms with E-state index in [9.17, 15) is 5.11 Å². The van der Waals surface area contributed by atoms with Gasteiger partial charge < -0.3 is 20.1 Å². The summed E-state index contributed by atoms with van der Waals surface area (Å²) in [6, 6.07) is 8.64. The molecule has 112 valence electrons. The lowest BCUT2D eigenvalue weighted by Gasteiger charge is -2.29. The Hall–Kier alpha value is -1.10. The molecule has 1 aromatic rings. The summed E-state index contributed by atoms with van der Waals surface area (Å²) in [5.74, 6) is 0.297. The normalized spacial score (nSPS) is 17.5. The average molecular weight is 278 g/mol. The van der Waals surface area contributed by atoms with Gasteiger partial charge in [0.25, 0.3) is 0 Å². The first-order valence-electron chi connectivity index (χ1n) is 7.47. The molecule has 0 amide bonds. The van der Waals surface area contributed by atoms with Crippen molar-refractivity contribution in [2.45, 2.75) is 26.5 Å². The van der Waals surface area contributed by atoms with E-state index in [0.29, 0.717) is 12.5 Å². The molecule has 1 fully saturated rings. The van der Waals surface area contributed by atoms with Crippen LogP contribution in [0.4, 0.5) is 5.69 Å². The highest BCUT2D eigenvalue weighted by Gasteiger charge is 2.11. The molecule has 1 aromatic carbocycles. The molecular formula is C16H26N2O2. The van der Waals surface area contributed by atoms with E-state index >= 15 is 0 Å². The lowest BCUT2D eigenvalue weighted by Crippen LogP contribution is -2.36. The molecule has 4 heteroatoms. The first kappa shape index (κ1) is 15.3. The summed E-state index contributed by atoms with van der Waals surface area (Å²) < 4.78 is 5.36. The largest absolute Gasteiger partial charge is 0.392 e. The van der Waals surface area contributed by atoms with Gasteiger partial charge in [-0.15, -0.1) is 0 Å². The molecule has 0 radical (unpaired) electrons. The second-order valence-corrected chi connectivity index (χ2v) is 5.71. The highest BCUT2D eigenvalue weighted by Crippen LogP contribution is 2.16. The van der Waals surface area contributed by atoms with Gasteiger partial charge in [-0.25, -0.2) is 0 Å². The number of nitrogens with one attached hydrogen (secondary N) is 1. The number of hydrogen-bond donors (Lipinski definition) is 2. The van der Waals surface area contributed by atoms with Crippen molar-refractivity contribution in [1.82, 2.24) is 5.32 Å². The molecule has 0 spiro atoms. The molecule has 0 aromatic heterocycles. The lowest BCUT2D eigenvalue weighted by atomic mass is 10.1. The van der Waals surface area contributed by atoms with Crippen LogP contribution < -0.4 is 10.2 Å². The number of anilines is 1. The number of ether oxygens (including phenoxy) is 1. The van der Waals surface area contributed by atoms with Gasteiger partial charge in [-0.1, -0.05) is 26.0 Å². The molecule has 20 heavy (non-hydrogen) atoms. The molecule has 4 nitrogen and oxygen atoms in total. The molecule has 1 atom stereocenters. The van der Waals surface area contributed by atoms with Crippen LogP contribution in [0.25, 0.3) is 0 Å². The number of rotatable bonds is 6. The molecule has 2 N–H and O–H groups in total. The van der Waals surface area contributed by atoms with Gasteiger partial charge in [-0.2, -0.15) is 0 Å². The fourth-order valence-electron chi connectivity index (χ4n) is 2.25. The first-order chi connectivity index (χ1) is 9.66. The minimum Gasteiger partial charge on any atom is -0.392 e. The predicted molar refractivity (Wildman–Crippen MR) is 82.0 cm³/mol. The fourth-order valence-corrected chi connectivity index (χ4v) is 2.25. The van der Waals surface area contributed by atoms with Gasteiger partial charge in [-0.05, 0) is 23.6 Å². The minimum absolute atomic E-state index is 0.275. The van der Waals surface area contributed by atoms with Crippen molar-refractivity contribution in [3.8, 4) is 0 Å². The highest BCUT2D eigenvalue weighted by atomic mass is 16.5. The Morgan fingerprint density at radius 3 is 2.45 bits per heavy atom. The van der Waals surface area contributed by atoms with Crippen LogP contribution in [0.2, 0.25) is 0 Å². The lowest BCUT2D eigenvalue weighted by molar-refractivity contribution is 0.122. The van der Waals surface area contributed by atoms with Crippen molar-refractivity contribution in [2.75, 3.05) is 37.7 Å². The van der Waals surface area contributed by atoms with Gasteiger partial charge in [-0.3, -0.25) is 0 Å². The Balaban J connectivity index is 1.79. The van der Waals surface area contributed by atoms with E-state index in [4.69, 9.17) is 4.74 Å². The van der Waals surface area contributed by atoms with Crippen molar-refractivity contribution < 1.29 is 9.84 Å². The molecule has 1 heterocycles. The van der Waals surface area contributed by atoms with E-state index in [1.165, 1.54) is 11.3 Å². The number of benzene rings is 1. The van der Waals surface area contributed by atoms with Crippen molar-refractivity contribution in [2.24, 2.45) is 5.92 Å². The van der Waals surface area contributed by atoms with Crippen molar-refractivity contribution in [1.29, 1.82) is 0 Å². The summed E-state index contributed by atoms with van der Waals surface area (Å²) in [7, 11) is 0. The topological polar surface area (TPSA) is 44.7 Å². The van der Waals surface area contributed by atoms with Crippen LogP contribution in [0.15, 0.2) is 24.3 Å². The number of aliphatic hydroxyl groups excluding tert-OH is 1. The Bertz CT molecular complexity index is 386. The summed E-state index contributed by atoms with van der Waals surface area (Å²) in [5.41, 5.74) is 2.51. The van der Waals surface area contributed by atoms with Gasteiger partial charge in [0.1, 0.15) is 0 Å². The number of nitrogens with zero attached hydrogens (tertiary/aromatic N) is 1. The summed E-state index contributed by atoms with van der Waals surface area (Å²) in [6.45, 7) is 9.08. The zero-order chi connectivity index (χ0) is 14.4. The molecule has 1 aliphatic heterocycles. The third kappa shape index (κ3) is 4.47. The number of morpholine rings is 1. The van der Waals surface area contributed by atoms with Crippen LogP contribution in [0, 0.1) is 5.92 Å². The van der Waals surface area contributed by atoms with Crippen LogP contribution in [0.5, 0.6) is 0 Å². The second-order valence-electron chi connectivity index (χ2n) is 5.71. The molecule has 0 aliphatic carbocycles. The Labute approximate surface area is 121 Å². The van der Waals surface area contributed by atoms with Gasteiger partial charge >= 0.3 is 0 Å². The molecular weight excluding hydrogens is 252 g/mol. The average Bonchev–Trinajstić information content (AvgIpc) is 2.48. The second kappa shape index (κ2) is 7.62. The van der Waals surface area contributed by atoms with Crippen LogP contribution in [-0.4, -0.2) is 44.1 Å². The third-order valence-corrected chi connectivity index (χ3v) is 3.76. The van der Waals surface area contributed by atoms with E-state index in [1.54, 1.807) is 0 Å². The standard InChI is InChI=1S/C16H26N2O2/c1-13(2)16(19)12-17-11-14-3-5-15(6-4-14)18-7-9-20-10-8-18/h3-6,13,16-17,19H,7-12H2,1-2H3. The summed E-state index contributed by atoms with van der Waals surface area (Å²) in [6.07, 6.45) is -0.275. The number of hydrogen-bond acceptors (Lipinski definition) is 4. The maximum Gasteiger partial charge on any atom is 0.0687 e. The van der Waals surface area contributed by atoms with E-state index in [2.05, 4.69) is 34.5 Å². The van der Waals surface area contributed by atoms with Crippen LogP contribution in [0.3, 0.4) is 0 Å². The van der Waals surface area contributed by atoms with Crippen LogP contribution in [-0.2, 0) is 11.3 Å². The first-order valence-corrected chi connectivity index (χ1v) is 7.47. The van der Waals surface area contributed by atoms with Crippen LogP contribution >= 0.6 is 0 Å². The summed E-state index contributed by atoms with van der Waals surface area (Å²) in [4.78, 5) is 2.35. The van der Waals surface area contributed by atoms with Gasteiger partial charge in [0.15, 0.2) is 0 Å². The molecule has 1 unspecified atom stereocenters. The monoisotopic (exact) mass is 278 g/mol. The maximum atomic E-state index is 9.74. The van der Waals surface area contributed by atoms with Crippen LogP contribution in [0.1, 0.15) is 19.4 Å². The van der Waals surface area contributed by atoms with Crippen molar-refractivity contribution in [3.05, 3.63) is 29.8 Å². The molecule has 0 bridgehead atoms. The van der Waals surface area contributed by atoms with E-state index in [1.807, 2.05) is 13.8 Å². The van der Waals surface area contributed by atoms with E-state index in [-0.39, 0.29) is 6.10 Å².